The van der Waals surface area contributed by atoms with Gasteiger partial charge in [-0.25, -0.2) is 9.78 Å². The number of ether oxygens (including phenoxy) is 1. The minimum Gasteiger partial charge on any atom is -0.490 e. The molecular weight excluding hydrogens is 480 g/mol. The van der Waals surface area contributed by atoms with Gasteiger partial charge < -0.3 is 15.0 Å². The maximum Gasteiger partial charge on any atom is 0.317 e. The number of benzene rings is 2. The van der Waals surface area contributed by atoms with Gasteiger partial charge in [0.05, 0.1) is 22.6 Å². The number of rotatable bonds is 6. The van der Waals surface area contributed by atoms with Crippen molar-refractivity contribution >= 4 is 17.4 Å². The zero-order valence-corrected chi connectivity index (χ0v) is 22.6. The smallest absolute Gasteiger partial charge is 0.317 e. The van der Waals surface area contributed by atoms with E-state index >= 15 is 0 Å². The zero-order valence-electron chi connectivity index (χ0n) is 21.8. The molecule has 1 atom stereocenters. The fraction of sp³-hybridized carbons (Fsp3) is 0.433. The van der Waals surface area contributed by atoms with Crippen LogP contribution in [0.4, 0.5) is 4.79 Å². The Balaban J connectivity index is 1.33. The highest BCUT2D eigenvalue weighted by Gasteiger charge is 2.29. The third-order valence-electron chi connectivity index (χ3n) is 7.53. The Morgan fingerprint density at radius 1 is 1.24 bits per heavy atom. The Kier molecular flexibility index (Phi) is 7.48. The van der Waals surface area contributed by atoms with Gasteiger partial charge in [-0.15, -0.1) is 11.3 Å². The fourth-order valence-corrected chi connectivity index (χ4v) is 6.42. The van der Waals surface area contributed by atoms with Crippen LogP contribution >= 0.6 is 11.3 Å². The number of nitrogens with one attached hydrogen (secondary N) is 1. The molecule has 0 saturated carbocycles. The molecule has 1 aliphatic heterocycles. The number of carbonyl (C=O) groups is 1. The molecule has 192 valence electrons. The molecule has 0 bridgehead atoms. The summed E-state index contributed by atoms with van der Waals surface area (Å²) in [5.74, 6) is 1.35. The molecule has 2 aromatic carbocycles. The lowest BCUT2D eigenvalue weighted by Gasteiger charge is -2.32. The number of amides is 2. The van der Waals surface area contributed by atoms with E-state index in [1.807, 2.05) is 43.1 Å². The first-order chi connectivity index (χ1) is 18.0. The molecule has 0 spiro atoms. The summed E-state index contributed by atoms with van der Waals surface area (Å²) in [4.78, 5) is 20.8. The number of hydrogen-bond acceptors (Lipinski definition) is 5. The number of nitrogens with zero attached hydrogens (tertiary/aromatic N) is 3. The van der Waals surface area contributed by atoms with Crippen molar-refractivity contribution in [3.05, 3.63) is 59.3 Å². The molecule has 3 aromatic rings. The van der Waals surface area contributed by atoms with Crippen molar-refractivity contribution in [2.45, 2.75) is 65.0 Å². The van der Waals surface area contributed by atoms with Gasteiger partial charge in [-0.2, -0.15) is 5.26 Å². The van der Waals surface area contributed by atoms with Crippen LogP contribution in [0.1, 0.15) is 69.2 Å². The second-order valence-corrected chi connectivity index (χ2v) is 11.3. The molecule has 0 unspecified atom stereocenters. The van der Waals surface area contributed by atoms with Crippen molar-refractivity contribution in [2.24, 2.45) is 5.92 Å². The molecule has 1 saturated heterocycles. The molecular formula is C30H34N4O2S. The minimum atomic E-state index is 0.00599. The molecule has 2 heterocycles. The van der Waals surface area contributed by atoms with Gasteiger partial charge in [-0.05, 0) is 80.3 Å². The number of piperidine rings is 1. The summed E-state index contributed by atoms with van der Waals surface area (Å²) < 4.78 is 5.77. The molecule has 1 aliphatic carbocycles. The number of likely N-dealkylation sites (tertiary alicyclic amines) is 1. The van der Waals surface area contributed by atoms with E-state index < -0.39 is 0 Å². The lowest BCUT2D eigenvalue weighted by atomic mass is 9.95. The normalized spacial score (nSPS) is 17.5. The van der Waals surface area contributed by atoms with Gasteiger partial charge >= 0.3 is 6.03 Å². The molecule has 7 heteroatoms. The summed E-state index contributed by atoms with van der Waals surface area (Å²) in [5.41, 5.74) is 5.12. The van der Waals surface area contributed by atoms with Crippen molar-refractivity contribution in [2.75, 3.05) is 13.1 Å². The molecule has 2 amide bonds. The number of urea groups is 1. The van der Waals surface area contributed by atoms with E-state index in [1.165, 1.54) is 23.1 Å². The topological polar surface area (TPSA) is 78.2 Å². The van der Waals surface area contributed by atoms with Crippen molar-refractivity contribution in [3.8, 4) is 32.8 Å². The van der Waals surface area contributed by atoms with Crippen molar-refractivity contribution in [1.82, 2.24) is 15.2 Å². The first-order valence-corrected chi connectivity index (χ1v) is 14.1. The summed E-state index contributed by atoms with van der Waals surface area (Å²) in [5, 5.41) is 13.8. The van der Waals surface area contributed by atoms with Gasteiger partial charge in [0.15, 0.2) is 0 Å². The van der Waals surface area contributed by atoms with Gasteiger partial charge in [0.2, 0.25) is 0 Å². The van der Waals surface area contributed by atoms with Crippen LogP contribution < -0.4 is 10.1 Å². The van der Waals surface area contributed by atoms with Crippen LogP contribution in [0.25, 0.3) is 21.0 Å². The van der Waals surface area contributed by atoms with E-state index in [1.54, 1.807) is 11.3 Å². The van der Waals surface area contributed by atoms with Gasteiger partial charge in [0.25, 0.3) is 0 Å². The molecule has 6 nitrogen and oxygen atoms in total. The number of hydrogen-bond donors (Lipinski definition) is 1. The largest absolute Gasteiger partial charge is 0.490 e. The van der Waals surface area contributed by atoms with Crippen molar-refractivity contribution < 1.29 is 9.53 Å². The molecule has 5 rings (SSSR count). The number of fused-ring (bicyclic) bond motifs is 1. The van der Waals surface area contributed by atoms with E-state index in [4.69, 9.17) is 4.74 Å². The highest BCUT2D eigenvalue weighted by Crippen LogP contribution is 2.41. The fourth-order valence-electron chi connectivity index (χ4n) is 5.46. The molecule has 1 N–H and O–H groups in total. The van der Waals surface area contributed by atoms with Gasteiger partial charge in [0.1, 0.15) is 16.8 Å². The highest BCUT2D eigenvalue weighted by atomic mass is 32.1. The summed E-state index contributed by atoms with van der Waals surface area (Å²) >= 11 is 1.63. The van der Waals surface area contributed by atoms with Crippen molar-refractivity contribution in [1.29, 1.82) is 5.26 Å². The monoisotopic (exact) mass is 514 g/mol. The zero-order chi connectivity index (χ0) is 25.9. The van der Waals surface area contributed by atoms with Gasteiger partial charge in [-0.1, -0.05) is 31.5 Å². The summed E-state index contributed by atoms with van der Waals surface area (Å²) in [6, 6.07) is 14.4. The molecule has 1 fully saturated rings. The van der Waals surface area contributed by atoms with Crippen LogP contribution in [0.2, 0.25) is 0 Å². The van der Waals surface area contributed by atoms with E-state index in [2.05, 4.69) is 41.5 Å². The average molecular weight is 515 g/mol. The van der Waals surface area contributed by atoms with Crippen LogP contribution in [0.5, 0.6) is 5.75 Å². The SMILES string of the molecule is CCC1CCN(C(=O)N[C@H]2CCc3c(-c4cnc(-c5ccc(OC(C)C)c(C#N)c5)s4)cccc32)CC1. The lowest BCUT2D eigenvalue weighted by molar-refractivity contribution is 0.166. The first-order valence-electron chi connectivity index (χ1n) is 13.3. The van der Waals surface area contributed by atoms with Crippen LogP contribution in [0, 0.1) is 17.2 Å². The Bertz CT molecular complexity index is 1320. The number of thiazole rings is 1. The lowest BCUT2D eigenvalue weighted by Crippen LogP contribution is -2.45. The predicted octanol–water partition coefficient (Wildman–Crippen LogP) is 6.95. The Morgan fingerprint density at radius 2 is 2.05 bits per heavy atom. The third-order valence-corrected chi connectivity index (χ3v) is 8.61. The van der Waals surface area contributed by atoms with Crippen LogP contribution in [0.15, 0.2) is 42.6 Å². The first kappa shape index (κ1) is 25.3. The number of carbonyl (C=O) groups excluding carboxylic acids is 1. The van der Waals surface area contributed by atoms with E-state index in [-0.39, 0.29) is 18.2 Å². The van der Waals surface area contributed by atoms with E-state index in [9.17, 15) is 10.1 Å². The van der Waals surface area contributed by atoms with Gasteiger partial charge in [0, 0.05) is 24.8 Å². The third kappa shape index (κ3) is 5.35. The Labute approximate surface area is 223 Å². The molecule has 2 aliphatic rings. The Morgan fingerprint density at radius 3 is 2.78 bits per heavy atom. The van der Waals surface area contributed by atoms with E-state index in [0.29, 0.717) is 11.3 Å². The summed E-state index contributed by atoms with van der Waals surface area (Å²) in [7, 11) is 0. The molecule has 1 aromatic heterocycles. The Hall–Kier alpha value is -3.37. The maximum atomic E-state index is 13.0. The van der Waals surface area contributed by atoms with Crippen molar-refractivity contribution in [3.63, 3.8) is 0 Å². The summed E-state index contributed by atoms with van der Waals surface area (Å²) in [6.45, 7) is 7.84. The maximum absolute atomic E-state index is 13.0. The summed E-state index contributed by atoms with van der Waals surface area (Å²) in [6.07, 6.45) is 7.18. The number of aromatic nitrogens is 1. The predicted molar refractivity (Wildman–Crippen MR) is 148 cm³/mol. The molecule has 37 heavy (non-hydrogen) atoms. The average Bonchev–Trinajstić information content (AvgIpc) is 3.56. The number of nitriles is 1. The molecule has 0 radical (unpaired) electrons. The second-order valence-electron chi connectivity index (χ2n) is 10.3. The van der Waals surface area contributed by atoms with E-state index in [0.717, 1.165) is 60.1 Å². The standard InChI is InChI=1S/C30H34N4O2S/c1-4-20-12-14-34(15-13-20)30(35)33-26-10-9-23-24(26)6-5-7-25(23)28-18-32-29(37-28)21-8-11-27(36-19(2)3)22(16-21)17-31/h5-8,11,16,18-20,26H,4,9-10,12-15H2,1-3H3,(H,33,35)/t26-/m0/s1. The second kappa shape index (κ2) is 10.9. The van der Waals surface area contributed by atoms with Crippen LogP contribution in [-0.4, -0.2) is 35.1 Å². The highest BCUT2D eigenvalue weighted by molar-refractivity contribution is 7.18. The van der Waals surface area contributed by atoms with Crippen LogP contribution in [-0.2, 0) is 6.42 Å². The van der Waals surface area contributed by atoms with Crippen LogP contribution in [0.3, 0.4) is 0 Å². The van der Waals surface area contributed by atoms with Gasteiger partial charge in [-0.3, -0.25) is 0 Å². The minimum absolute atomic E-state index is 0.00599. The quantitative estimate of drug-likeness (QED) is 0.386.